The molecule has 0 bridgehead atoms. The smallest absolute Gasteiger partial charge is 0.279 e. The zero-order chi connectivity index (χ0) is 18.0. The lowest BCUT2D eigenvalue weighted by Gasteiger charge is -2.07. The quantitative estimate of drug-likeness (QED) is 0.423. The highest BCUT2D eigenvalue weighted by Crippen LogP contribution is 2.08. The minimum atomic E-state index is -0.388. The number of hydrogen-bond donors (Lipinski definition) is 2. The SMILES string of the molecule is CC(C)CCCCCNC(=O)SCCOCCOCCSC(N)=O. The second-order valence-corrected chi connectivity index (χ2v) is 7.87. The van der Waals surface area contributed by atoms with E-state index in [9.17, 15) is 9.59 Å². The van der Waals surface area contributed by atoms with Crippen molar-refractivity contribution in [3.63, 3.8) is 0 Å². The Balaban J connectivity index is 3.19. The van der Waals surface area contributed by atoms with Crippen molar-refractivity contribution in [2.24, 2.45) is 11.7 Å². The van der Waals surface area contributed by atoms with E-state index in [-0.39, 0.29) is 10.5 Å². The number of unbranched alkanes of at least 4 members (excludes halogenated alkanes) is 2. The summed E-state index contributed by atoms with van der Waals surface area (Å²) in [6.07, 6.45) is 4.70. The molecule has 0 aliphatic heterocycles. The Kier molecular flexibility index (Phi) is 17.1. The lowest BCUT2D eigenvalue weighted by molar-refractivity contribution is 0.0605. The molecule has 0 aromatic carbocycles. The molecule has 0 aromatic rings. The van der Waals surface area contributed by atoms with Crippen LogP contribution in [0.15, 0.2) is 0 Å². The molecule has 0 atom stereocenters. The Morgan fingerprint density at radius 3 is 2.17 bits per heavy atom. The molecule has 0 spiro atoms. The highest BCUT2D eigenvalue weighted by atomic mass is 32.2. The molecule has 0 saturated heterocycles. The predicted octanol–water partition coefficient (Wildman–Crippen LogP) is 3.49. The van der Waals surface area contributed by atoms with Gasteiger partial charge in [0.1, 0.15) is 0 Å². The van der Waals surface area contributed by atoms with E-state index in [1.54, 1.807) is 0 Å². The number of thioether (sulfide) groups is 2. The third-order valence-corrected chi connectivity index (χ3v) is 4.47. The maximum atomic E-state index is 11.6. The normalized spacial score (nSPS) is 11.0. The minimum Gasteiger partial charge on any atom is -0.378 e. The second-order valence-electron chi connectivity index (χ2n) is 5.70. The van der Waals surface area contributed by atoms with Crippen LogP contribution in [0.5, 0.6) is 0 Å². The van der Waals surface area contributed by atoms with Gasteiger partial charge in [-0.1, -0.05) is 56.6 Å². The second kappa shape index (κ2) is 17.4. The van der Waals surface area contributed by atoms with Gasteiger partial charge in [-0.15, -0.1) is 0 Å². The molecule has 0 aliphatic carbocycles. The van der Waals surface area contributed by atoms with E-state index in [4.69, 9.17) is 15.2 Å². The van der Waals surface area contributed by atoms with Gasteiger partial charge in [0.05, 0.1) is 26.4 Å². The third kappa shape index (κ3) is 19.6. The fraction of sp³-hybridized carbons (Fsp3) is 0.875. The molecule has 0 unspecified atom stereocenters. The first-order valence-electron chi connectivity index (χ1n) is 8.50. The van der Waals surface area contributed by atoms with E-state index in [2.05, 4.69) is 19.2 Å². The van der Waals surface area contributed by atoms with Crippen LogP contribution in [-0.2, 0) is 9.47 Å². The van der Waals surface area contributed by atoms with Crippen LogP contribution in [0.1, 0.15) is 39.5 Å². The number of hydrogen-bond acceptors (Lipinski definition) is 6. The largest absolute Gasteiger partial charge is 0.378 e. The highest BCUT2D eigenvalue weighted by Gasteiger charge is 2.01. The zero-order valence-electron chi connectivity index (χ0n) is 14.9. The number of carbonyl (C=O) groups excluding carboxylic acids is 2. The van der Waals surface area contributed by atoms with Gasteiger partial charge in [-0.05, 0) is 12.3 Å². The van der Waals surface area contributed by atoms with Crippen LogP contribution in [0, 0.1) is 5.92 Å². The topological polar surface area (TPSA) is 90.7 Å². The first-order chi connectivity index (χ1) is 11.5. The third-order valence-electron chi connectivity index (χ3n) is 3.03. The molecule has 24 heavy (non-hydrogen) atoms. The van der Waals surface area contributed by atoms with Gasteiger partial charge in [0.25, 0.3) is 10.5 Å². The van der Waals surface area contributed by atoms with Crippen molar-refractivity contribution in [1.29, 1.82) is 0 Å². The van der Waals surface area contributed by atoms with E-state index < -0.39 is 0 Å². The number of amides is 2. The van der Waals surface area contributed by atoms with Crippen molar-refractivity contribution in [3.05, 3.63) is 0 Å². The van der Waals surface area contributed by atoms with Gasteiger partial charge < -0.3 is 20.5 Å². The summed E-state index contributed by atoms with van der Waals surface area (Å²) < 4.78 is 10.6. The van der Waals surface area contributed by atoms with Gasteiger partial charge in [-0.25, -0.2) is 0 Å². The van der Waals surface area contributed by atoms with E-state index in [0.29, 0.717) is 37.9 Å². The minimum absolute atomic E-state index is 0.0159. The number of primary amides is 1. The molecule has 0 saturated carbocycles. The van der Waals surface area contributed by atoms with E-state index in [1.807, 2.05) is 0 Å². The highest BCUT2D eigenvalue weighted by molar-refractivity contribution is 8.13. The summed E-state index contributed by atoms with van der Waals surface area (Å²) in [5, 5.41) is 2.54. The van der Waals surface area contributed by atoms with Gasteiger partial charge >= 0.3 is 0 Å². The van der Waals surface area contributed by atoms with Crippen LogP contribution in [-0.4, -0.2) is 55.0 Å². The lowest BCUT2D eigenvalue weighted by Crippen LogP contribution is -2.20. The lowest BCUT2D eigenvalue weighted by atomic mass is 10.1. The fourth-order valence-electron chi connectivity index (χ4n) is 1.81. The zero-order valence-corrected chi connectivity index (χ0v) is 16.5. The van der Waals surface area contributed by atoms with Crippen LogP contribution in [0.3, 0.4) is 0 Å². The number of nitrogens with two attached hydrogens (primary N) is 1. The Labute approximate surface area is 154 Å². The van der Waals surface area contributed by atoms with Crippen LogP contribution >= 0.6 is 23.5 Å². The van der Waals surface area contributed by atoms with Crippen LogP contribution < -0.4 is 11.1 Å². The predicted molar refractivity (Wildman–Crippen MR) is 103 cm³/mol. The van der Waals surface area contributed by atoms with Gasteiger partial charge in [0.2, 0.25) is 0 Å². The van der Waals surface area contributed by atoms with Crippen molar-refractivity contribution in [2.75, 3.05) is 44.5 Å². The summed E-state index contributed by atoms with van der Waals surface area (Å²) in [7, 11) is 0. The first kappa shape index (κ1) is 23.6. The van der Waals surface area contributed by atoms with E-state index in [1.165, 1.54) is 31.0 Å². The van der Waals surface area contributed by atoms with Crippen LogP contribution in [0.25, 0.3) is 0 Å². The Morgan fingerprint density at radius 2 is 1.58 bits per heavy atom. The molecule has 2 amide bonds. The van der Waals surface area contributed by atoms with Gasteiger partial charge in [-0.3, -0.25) is 9.59 Å². The van der Waals surface area contributed by atoms with Gasteiger partial charge in [-0.2, -0.15) is 0 Å². The maximum Gasteiger partial charge on any atom is 0.279 e. The molecular weight excluding hydrogens is 348 g/mol. The number of carbonyl (C=O) groups is 2. The van der Waals surface area contributed by atoms with Crippen molar-refractivity contribution in [3.8, 4) is 0 Å². The molecular formula is C16H32N2O4S2. The molecule has 0 aliphatic rings. The molecule has 6 nitrogen and oxygen atoms in total. The van der Waals surface area contributed by atoms with Crippen molar-refractivity contribution >= 4 is 34.0 Å². The summed E-state index contributed by atoms with van der Waals surface area (Å²) in [6, 6.07) is 0. The molecule has 8 heteroatoms. The number of nitrogens with one attached hydrogen (secondary N) is 1. The summed E-state index contributed by atoms with van der Waals surface area (Å²) in [5.74, 6) is 1.95. The monoisotopic (exact) mass is 380 g/mol. The first-order valence-corrected chi connectivity index (χ1v) is 10.5. The van der Waals surface area contributed by atoms with Crippen LogP contribution in [0.2, 0.25) is 0 Å². The molecule has 0 heterocycles. The fourth-order valence-corrected chi connectivity index (χ4v) is 2.81. The standard InChI is InChI=1S/C16H32N2O4S2/c1-14(2)6-4-3-5-7-18-16(20)24-13-11-22-9-8-21-10-12-23-15(17)19/h14H,3-13H2,1-2H3,(H2,17,19)(H,18,20). The number of ether oxygens (including phenoxy) is 2. The summed E-state index contributed by atoms with van der Waals surface area (Å²) >= 11 is 2.29. The van der Waals surface area contributed by atoms with E-state index in [0.717, 1.165) is 30.6 Å². The van der Waals surface area contributed by atoms with Crippen molar-refractivity contribution in [1.82, 2.24) is 5.32 Å². The Hall–Kier alpha value is -0.440. The average Bonchev–Trinajstić information content (AvgIpc) is 2.52. The van der Waals surface area contributed by atoms with Gasteiger partial charge in [0, 0.05) is 18.1 Å². The average molecular weight is 381 g/mol. The summed E-state index contributed by atoms with van der Waals surface area (Å²) in [6.45, 7) is 7.18. The Morgan fingerprint density at radius 1 is 0.958 bits per heavy atom. The summed E-state index contributed by atoms with van der Waals surface area (Å²) in [4.78, 5) is 22.0. The Bertz CT molecular complexity index is 331. The van der Waals surface area contributed by atoms with Crippen LogP contribution in [0.4, 0.5) is 9.59 Å². The van der Waals surface area contributed by atoms with E-state index >= 15 is 0 Å². The number of rotatable bonds is 15. The van der Waals surface area contributed by atoms with Crippen molar-refractivity contribution in [2.45, 2.75) is 39.5 Å². The maximum absolute atomic E-state index is 11.6. The summed E-state index contributed by atoms with van der Waals surface area (Å²) in [5.41, 5.74) is 4.98. The molecule has 0 radical (unpaired) electrons. The van der Waals surface area contributed by atoms with Crippen molar-refractivity contribution < 1.29 is 19.1 Å². The molecule has 0 rings (SSSR count). The molecule has 0 fully saturated rings. The molecule has 142 valence electrons. The van der Waals surface area contributed by atoms with Gasteiger partial charge in [0.15, 0.2) is 0 Å². The molecule has 3 N–H and O–H groups in total. The molecule has 0 aromatic heterocycles.